The van der Waals surface area contributed by atoms with Crippen LogP contribution in [0.2, 0.25) is 0 Å². The second-order valence-corrected chi connectivity index (χ2v) is 5.74. The Kier molecular flexibility index (Phi) is 5.58. The van der Waals surface area contributed by atoms with Crippen molar-refractivity contribution in [2.75, 3.05) is 13.1 Å². The third-order valence-corrected chi connectivity index (χ3v) is 4.00. The van der Waals surface area contributed by atoms with E-state index in [-0.39, 0.29) is 5.91 Å². The highest BCUT2D eigenvalue weighted by molar-refractivity contribution is 5.83. The van der Waals surface area contributed by atoms with Gasteiger partial charge in [0, 0.05) is 55.5 Å². The zero-order valence-electron chi connectivity index (χ0n) is 13.6. The quantitative estimate of drug-likeness (QED) is 0.558. The molecule has 5 heteroatoms. The van der Waals surface area contributed by atoms with Gasteiger partial charge < -0.3 is 15.6 Å². The second kappa shape index (κ2) is 8.26. The van der Waals surface area contributed by atoms with Gasteiger partial charge in [0.05, 0.1) is 0 Å². The van der Waals surface area contributed by atoms with E-state index in [1.54, 1.807) is 12.4 Å². The molecule has 3 rings (SSSR count). The van der Waals surface area contributed by atoms with E-state index in [0.29, 0.717) is 19.5 Å². The van der Waals surface area contributed by atoms with Crippen LogP contribution < -0.4 is 10.6 Å². The van der Waals surface area contributed by atoms with E-state index in [4.69, 9.17) is 0 Å². The maximum Gasteiger partial charge on any atom is 0.221 e. The van der Waals surface area contributed by atoms with Gasteiger partial charge in [0.2, 0.25) is 5.91 Å². The van der Waals surface area contributed by atoms with Crippen molar-refractivity contribution in [3.05, 3.63) is 66.1 Å². The minimum atomic E-state index is 0.0806. The highest BCUT2D eigenvalue weighted by atomic mass is 16.1. The third kappa shape index (κ3) is 4.43. The Labute approximate surface area is 141 Å². The lowest BCUT2D eigenvalue weighted by Gasteiger charge is -2.06. The van der Waals surface area contributed by atoms with Gasteiger partial charge in [-0.15, -0.1) is 0 Å². The molecule has 0 unspecified atom stereocenters. The SMILES string of the molecule is O=C(CCNCc1ccncc1)NCCc1c[nH]c2ccccc12. The van der Waals surface area contributed by atoms with Crippen LogP contribution in [0.4, 0.5) is 0 Å². The van der Waals surface area contributed by atoms with E-state index in [2.05, 4.69) is 32.7 Å². The number of aromatic amines is 1. The molecule has 0 fully saturated rings. The number of rotatable bonds is 8. The van der Waals surface area contributed by atoms with Crippen LogP contribution in [0.3, 0.4) is 0 Å². The molecule has 1 aromatic carbocycles. The molecule has 124 valence electrons. The van der Waals surface area contributed by atoms with E-state index in [0.717, 1.165) is 18.5 Å². The fourth-order valence-electron chi connectivity index (χ4n) is 2.70. The number of H-pyrrole nitrogens is 1. The average molecular weight is 322 g/mol. The molecule has 0 aliphatic carbocycles. The number of carbonyl (C=O) groups excluding carboxylic acids is 1. The molecule has 1 amide bonds. The van der Waals surface area contributed by atoms with Crippen LogP contribution in [-0.4, -0.2) is 29.0 Å². The number of nitrogens with zero attached hydrogens (tertiary/aromatic N) is 1. The molecule has 0 radical (unpaired) electrons. The van der Waals surface area contributed by atoms with Crippen LogP contribution in [0.5, 0.6) is 0 Å². The number of nitrogens with one attached hydrogen (secondary N) is 3. The Morgan fingerprint density at radius 2 is 1.92 bits per heavy atom. The molecule has 2 aromatic heterocycles. The first kappa shape index (κ1) is 16.2. The lowest BCUT2D eigenvalue weighted by molar-refractivity contribution is -0.120. The maximum atomic E-state index is 11.9. The first-order valence-corrected chi connectivity index (χ1v) is 8.24. The molecule has 0 aliphatic rings. The summed E-state index contributed by atoms with van der Waals surface area (Å²) in [5.41, 5.74) is 3.55. The number of hydrogen-bond donors (Lipinski definition) is 3. The van der Waals surface area contributed by atoms with Crippen molar-refractivity contribution >= 4 is 16.8 Å². The van der Waals surface area contributed by atoms with Gasteiger partial charge in [-0.1, -0.05) is 18.2 Å². The van der Waals surface area contributed by atoms with Crippen LogP contribution in [0.15, 0.2) is 55.0 Å². The number of hydrogen-bond acceptors (Lipinski definition) is 3. The summed E-state index contributed by atoms with van der Waals surface area (Å²) in [4.78, 5) is 19.1. The van der Waals surface area contributed by atoms with E-state index in [1.807, 2.05) is 30.5 Å². The van der Waals surface area contributed by atoms with Crippen LogP contribution >= 0.6 is 0 Å². The Hall–Kier alpha value is -2.66. The second-order valence-electron chi connectivity index (χ2n) is 5.74. The first-order valence-electron chi connectivity index (χ1n) is 8.24. The first-order chi connectivity index (χ1) is 11.8. The monoisotopic (exact) mass is 322 g/mol. The molecule has 0 saturated heterocycles. The summed E-state index contributed by atoms with van der Waals surface area (Å²) in [7, 11) is 0. The Morgan fingerprint density at radius 1 is 1.08 bits per heavy atom. The van der Waals surface area contributed by atoms with E-state index in [9.17, 15) is 4.79 Å². The molecule has 5 nitrogen and oxygen atoms in total. The van der Waals surface area contributed by atoms with Crippen LogP contribution in [-0.2, 0) is 17.8 Å². The van der Waals surface area contributed by atoms with Gasteiger partial charge in [-0.05, 0) is 35.7 Å². The highest BCUT2D eigenvalue weighted by Gasteiger charge is 2.04. The van der Waals surface area contributed by atoms with Crippen molar-refractivity contribution in [2.45, 2.75) is 19.4 Å². The topological polar surface area (TPSA) is 69.8 Å². The summed E-state index contributed by atoms with van der Waals surface area (Å²) >= 11 is 0. The van der Waals surface area contributed by atoms with Gasteiger partial charge in [-0.25, -0.2) is 0 Å². The van der Waals surface area contributed by atoms with Crippen molar-refractivity contribution in [3.63, 3.8) is 0 Å². The van der Waals surface area contributed by atoms with Crippen molar-refractivity contribution < 1.29 is 4.79 Å². The van der Waals surface area contributed by atoms with Gasteiger partial charge in [0.25, 0.3) is 0 Å². The summed E-state index contributed by atoms with van der Waals surface area (Å²) in [6, 6.07) is 12.1. The van der Waals surface area contributed by atoms with Crippen LogP contribution in [0.25, 0.3) is 10.9 Å². The van der Waals surface area contributed by atoms with E-state index in [1.165, 1.54) is 16.5 Å². The number of benzene rings is 1. The molecular weight excluding hydrogens is 300 g/mol. The molecule has 2 heterocycles. The Balaban J connectivity index is 1.34. The van der Waals surface area contributed by atoms with Gasteiger partial charge in [0.15, 0.2) is 0 Å². The normalized spacial score (nSPS) is 10.8. The predicted octanol–water partition coefficient (Wildman–Crippen LogP) is 2.40. The molecule has 0 atom stereocenters. The molecule has 24 heavy (non-hydrogen) atoms. The fraction of sp³-hybridized carbons (Fsp3) is 0.263. The molecule has 3 N–H and O–H groups in total. The summed E-state index contributed by atoms with van der Waals surface area (Å²) in [6.07, 6.45) is 6.88. The van der Waals surface area contributed by atoms with Gasteiger partial charge in [-0.2, -0.15) is 0 Å². The summed E-state index contributed by atoms with van der Waals surface area (Å²) in [5.74, 6) is 0.0806. The van der Waals surface area contributed by atoms with Gasteiger partial charge >= 0.3 is 0 Å². The molecular formula is C19H22N4O. The number of amides is 1. The zero-order chi connectivity index (χ0) is 16.6. The summed E-state index contributed by atoms with van der Waals surface area (Å²) < 4.78 is 0. The lowest BCUT2D eigenvalue weighted by Crippen LogP contribution is -2.29. The zero-order valence-corrected chi connectivity index (χ0v) is 13.6. The van der Waals surface area contributed by atoms with Gasteiger partial charge in [0.1, 0.15) is 0 Å². The third-order valence-electron chi connectivity index (χ3n) is 4.00. The smallest absolute Gasteiger partial charge is 0.221 e. The number of para-hydroxylation sites is 1. The molecule has 0 bridgehead atoms. The standard InChI is InChI=1S/C19H22N4O/c24-19(8-11-21-13-15-5-9-20-10-6-15)22-12-7-16-14-23-18-4-2-1-3-17(16)18/h1-6,9-10,14,21,23H,7-8,11-13H2,(H,22,24). The fourth-order valence-corrected chi connectivity index (χ4v) is 2.70. The summed E-state index contributed by atoms with van der Waals surface area (Å²) in [6.45, 7) is 2.08. The predicted molar refractivity (Wildman–Crippen MR) is 95.6 cm³/mol. The molecule has 0 spiro atoms. The van der Waals surface area contributed by atoms with E-state index < -0.39 is 0 Å². The Bertz CT molecular complexity index is 782. The molecule has 0 aliphatic heterocycles. The largest absolute Gasteiger partial charge is 0.361 e. The van der Waals surface area contributed by atoms with Crippen LogP contribution in [0, 0.1) is 0 Å². The highest BCUT2D eigenvalue weighted by Crippen LogP contribution is 2.17. The van der Waals surface area contributed by atoms with Crippen molar-refractivity contribution in [2.24, 2.45) is 0 Å². The number of pyridine rings is 1. The molecule has 3 aromatic rings. The lowest BCUT2D eigenvalue weighted by atomic mass is 10.1. The Morgan fingerprint density at radius 3 is 2.79 bits per heavy atom. The summed E-state index contributed by atoms with van der Waals surface area (Å²) in [5, 5.41) is 7.48. The minimum Gasteiger partial charge on any atom is -0.361 e. The van der Waals surface area contributed by atoms with Crippen LogP contribution in [0.1, 0.15) is 17.5 Å². The minimum absolute atomic E-state index is 0.0806. The van der Waals surface area contributed by atoms with Gasteiger partial charge in [-0.3, -0.25) is 9.78 Å². The molecule has 0 saturated carbocycles. The number of carbonyl (C=O) groups is 1. The van der Waals surface area contributed by atoms with Crippen molar-refractivity contribution in [3.8, 4) is 0 Å². The maximum absolute atomic E-state index is 11.9. The average Bonchev–Trinajstić information content (AvgIpc) is 3.03. The number of aromatic nitrogens is 2. The van der Waals surface area contributed by atoms with E-state index >= 15 is 0 Å². The number of fused-ring (bicyclic) bond motifs is 1. The van der Waals surface area contributed by atoms with Crippen molar-refractivity contribution in [1.29, 1.82) is 0 Å². The van der Waals surface area contributed by atoms with Crippen molar-refractivity contribution in [1.82, 2.24) is 20.6 Å².